The van der Waals surface area contributed by atoms with Gasteiger partial charge in [-0.15, -0.1) is 5.10 Å². The van der Waals surface area contributed by atoms with E-state index in [0.717, 1.165) is 37.7 Å². The van der Waals surface area contributed by atoms with Gasteiger partial charge in [0.2, 0.25) is 0 Å². The number of aliphatic hydroxyl groups excluding tert-OH is 1. The fourth-order valence-corrected chi connectivity index (χ4v) is 1.93. The molecule has 0 bridgehead atoms. The Bertz CT molecular complexity index is 537. The number of hydrogen-bond acceptors (Lipinski definition) is 4. The molecular weight excluding hydrogens is 242 g/mol. The molecule has 19 heavy (non-hydrogen) atoms. The molecule has 2 rings (SSSR count). The normalized spacial score (nSPS) is 10.6. The lowest BCUT2D eigenvalue weighted by Crippen LogP contribution is -1.99. The lowest BCUT2D eigenvalue weighted by atomic mass is 10.1. The van der Waals surface area contributed by atoms with Crippen LogP contribution in [0.4, 0.5) is 0 Å². The van der Waals surface area contributed by atoms with Crippen LogP contribution in [0.1, 0.15) is 29.6 Å². The average Bonchev–Trinajstić information content (AvgIpc) is 2.92. The quantitative estimate of drug-likeness (QED) is 0.609. The van der Waals surface area contributed by atoms with Gasteiger partial charge in [-0.05, 0) is 19.3 Å². The largest absolute Gasteiger partial charge is 0.396 e. The molecule has 2 aromatic rings. The van der Waals surface area contributed by atoms with E-state index < -0.39 is 0 Å². The molecular formula is C14H17N3O2. The lowest BCUT2D eigenvalue weighted by molar-refractivity contribution is 0.112. The molecule has 0 unspecified atom stereocenters. The Hall–Kier alpha value is -2.01. The zero-order valence-corrected chi connectivity index (χ0v) is 10.7. The van der Waals surface area contributed by atoms with E-state index >= 15 is 0 Å². The summed E-state index contributed by atoms with van der Waals surface area (Å²) >= 11 is 0. The van der Waals surface area contributed by atoms with Crippen molar-refractivity contribution in [3.63, 3.8) is 0 Å². The van der Waals surface area contributed by atoms with Crippen LogP contribution in [0.3, 0.4) is 0 Å². The number of unbranched alkanes of at least 4 members (excludes halogenated alkanes) is 2. The molecule has 0 fully saturated rings. The second kappa shape index (κ2) is 6.80. The van der Waals surface area contributed by atoms with Crippen molar-refractivity contribution >= 4 is 6.29 Å². The number of carbonyl (C=O) groups excluding carboxylic acids is 1. The number of aliphatic hydroxyl groups is 1. The van der Waals surface area contributed by atoms with Gasteiger partial charge in [0, 0.05) is 24.3 Å². The van der Waals surface area contributed by atoms with Crippen LogP contribution in [-0.2, 0) is 6.54 Å². The predicted molar refractivity (Wildman–Crippen MR) is 71.8 cm³/mol. The summed E-state index contributed by atoms with van der Waals surface area (Å²) in [4.78, 5) is 11.0. The molecule has 5 nitrogen and oxygen atoms in total. The van der Waals surface area contributed by atoms with E-state index in [4.69, 9.17) is 5.11 Å². The minimum Gasteiger partial charge on any atom is -0.396 e. The number of aromatic nitrogens is 3. The highest BCUT2D eigenvalue weighted by Crippen LogP contribution is 2.19. The van der Waals surface area contributed by atoms with Crippen molar-refractivity contribution < 1.29 is 9.90 Å². The van der Waals surface area contributed by atoms with E-state index in [1.165, 1.54) is 0 Å². The van der Waals surface area contributed by atoms with Crippen molar-refractivity contribution in [1.29, 1.82) is 0 Å². The van der Waals surface area contributed by atoms with E-state index in [1.54, 1.807) is 10.7 Å². The maximum atomic E-state index is 11.0. The van der Waals surface area contributed by atoms with Crippen molar-refractivity contribution in [3.8, 4) is 11.3 Å². The van der Waals surface area contributed by atoms with Crippen LogP contribution in [0.5, 0.6) is 0 Å². The van der Waals surface area contributed by atoms with Gasteiger partial charge in [-0.2, -0.15) is 0 Å². The molecule has 1 heterocycles. The van der Waals surface area contributed by atoms with Crippen LogP contribution in [0, 0.1) is 0 Å². The number of nitrogens with zero attached hydrogens (tertiary/aromatic N) is 3. The molecule has 5 heteroatoms. The highest BCUT2D eigenvalue weighted by Gasteiger charge is 2.07. The van der Waals surface area contributed by atoms with Crippen LogP contribution < -0.4 is 0 Å². The van der Waals surface area contributed by atoms with Gasteiger partial charge in [-0.25, -0.2) is 0 Å². The molecule has 0 aliphatic heterocycles. The van der Waals surface area contributed by atoms with E-state index in [0.29, 0.717) is 11.3 Å². The van der Waals surface area contributed by atoms with Crippen LogP contribution in [0.2, 0.25) is 0 Å². The molecule has 0 saturated carbocycles. The number of aldehydes is 1. The van der Waals surface area contributed by atoms with E-state index in [2.05, 4.69) is 10.3 Å². The summed E-state index contributed by atoms with van der Waals surface area (Å²) in [6.45, 7) is 1.01. The summed E-state index contributed by atoms with van der Waals surface area (Å²) in [5.41, 5.74) is 2.14. The fourth-order valence-electron chi connectivity index (χ4n) is 1.93. The maximum Gasteiger partial charge on any atom is 0.150 e. The number of benzene rings is 1. The Balaban J connectivity index is 2.06. The monoisotopic (exact) mass is 259 g/mol. The lowest BCUT2D eigenvalue weighted by Gasteiger charge is -2.00. The Morgan fingerprint density at radius 1 is 1.21 bits per heavy atom. The number of aryl methyl sites for hydroxylation is 1. The molecule has 1 N–H and O–H groups in total. The van der Waals surface area contributed by atoms with Gasteiger partial charge in [0.25, 0.3) is 0 Å². The van der Waals surface area contributed by atoms with E-state index in [9.17, 15) is 4.79 Å². The number of hydrogen-bond donors (Lipinski definition) is 1. The van der Waals surface area contributed by atoms with Gasteiger partial charge in [-0.1, -0.05) is 29.5 Å². The molecule has 0 radical (unpaired) electrons. The second-order valence-corrected chi connectivity index (χ2v) is 4.36. The van der Waals surface area contributed by atoms with Crippen molar-refractivity contribution in [2.75, 3.05) is 6.61 Å². The third kappa shape index (κ3) is 3.48. The van der Waals surface area contributed by atoms with Crippen LogP contribution >= 0.6 is 0 Å². The smallest absolute Gasteiger partial charge is 0.150 e. The molecule has 0 saturated heterocycles. The second-order valence-electron chi connectivity index (χ2n) is 4.36. The van der Waals surface area contributed by atoms with Gasteiger partial charge in [0.05, 0.1) is 6.20 Å². The van der Waals surface area contributed by atoms with Crippen LogP contribution in [0.25, 0.3) is 11.3 Å². The Morgan fingerprint density at radius 2 is 2.05 bits per heavy atom. The first-order valence-electron chi connectivity index (χ1n) is 6.40. The maximum absolute atomic E-state index is 11.0. The third-order valence-corrected chi connectivity index (χ3v) is 2.95. The first-order chi connectivity index (χ1) is 9.35. The zero-order valence-electron chi connectivity index (χ0n) is 10.7. The summed E-state index contributed by atoms with van der Waals surface area (Å²) < 4.78 is 1.77. The fraction of sp³-hybridized carbons (Fsp3) is 0.357. The number of rotatable bonds is 7. The summed E-state index contributed by atoms with van der Waals surface area (Å²) in [6, 6.07) is 7.33. The first kappa shape index (κ1) is 13.4. The van der Waals surface area contributed by atoms with E-state index in [1.807, 2.05) is 24.4 Å². The molecule has 1 aromatic carbocycles. The molecule has 0 aliphatic carbocycles. The van der Waals surface area contributed by atoms with Crippen LogP contribution in [0.15, 0.2) is 30.5 Å². The minimum absolute atomic E-state index is 0.231. The zero-order chi connectivity index (χ0) is 13.5. The van der Waals surface area contributed by atoms with Gasteiger partial charge in [0.15, 0.2) is 6.29 Å². The Labute approximate surface area is 111 Å². The molecule has 100 valence electrons. The topological polar surface area (TPSA) is 68.0 Å². The summed E-state index contributed by atoms with van der Waals surface area (Å²) in [5.74, 6) is 0. The standard InChI is InChI=1S/C14H17N3O2/c18-9-5-1-4-8-17-10-14(15-16-17)13-7-3-2-6-12(13)11-19/h2-3,6-7,10-11,18H,1,4-5,8-9H2. The van der Waals surface area contributed by atoms with Gasteiger partial charge in [0.1, 0.15) is 5.69 Å². The summed E-state index contributed by atoms with van der Waals surface area (Å²) in [6.07, 6.45) is 5.42. The molecule has 0 atom stereocenters. The van der Waals surface area contributed by atoms with Gasteiger partial charge < -0.3 is 5.11 Å². The Morgan fingerprint density at radius 3 is 2.84 bits per heavy atom. The molecule has 0 aliphatic rings. The average molecular weight is 259 g/mol. The predicted octanol–water partition coefficient (Wildman–Crippen LogP) is 1.92. The van der Waals surface area contributed by atoms with Crippen molar-refractivity contribution in [3.05, 3.63) is 36.0 Å². The van der Waals surface area contributed by atoms with Crippen molar-refractivity contribution in [2.45, 2.75) is 25.8 Å². The minimum atomic E-state index is 0.231. The highest BCUT2D eigenvalue weighted by molar-refractivity contribution is 5.86. The summed E-state index contributed by atoms with van der Waals surface area (Å²) in [7, 11) is 0. The highest BCUT2D eigenvalue weighted by atomic mass is 16.2. The van der Waals surface area contributed by atoms with Crippen molar-refractivity contribution in [2.24, 2.45) is 0 Å². The molecule has 0 amide bonds. The van der Waals surface area contributed by atoms with Gasteiger partial charge in [-0.3, -0.25) is 9.48 Å². The molecule has 1 aromatic heterocycles. The van der Waals surface area contributed by atoms with Crippen molar-refractivity contribution in [1.82, 2.24) is 15.0 Å². The Kier molecular flexibility index (Phi) is 4.80. The molecule has 0 spiro atoms. The van der Waals surface area contributed by atoms with E-state index in [-0.39, 0.29) is 6.61 Å². The summed E-state index contributed by atoms with van der Waals surface area (Å²) in [5, 5.41) is 16.9. The number of carbonyl (C=O) groups is 1. The SMILES string of the molecule is O=Cc1ccccc1-c1cn(CCCCCO)nn1. The third-order valence-electron chi connectivity index (χ3n) is 2.95. The van der Waals surface area contributed by atoms with Gasteiger partial charge >= 0.3 is 0 Å². The van der Waals surface area contributed by atoms with Crippen LogP contribution in [-0.4, -0.2) is 33.0 Å². The first-order valence-corrected chi connectivity index (χ1v) is 6.40.